The first-order chi connectivity index (χ1) is 9.54. The van der Waals surface area contributed by atoms with Crippen LogP contribution < -0.4 is 10.6 Å². The van der Waals surface area contributed by atoms with Crippen LogP contribution in [0.4, 0.5) is 9.80 Å². The van der Waals surface area contributed by atoms with Gasteiger partial charge in [0.15, 0.2) is 0 Å². The van der Waals surface area contributed by atoms with Crippen LogP contribution in [0.15, 0.2) is 11.4 Å². The number of amides is 3. The summed E-state index contributed by atoms with van der Waals surface area (Å²) in [6.07, 6.45) is 1.37. The summed E-state index contributed by atoms with van der Waals surface area (Å²) in [5.74, 6) is -1.30. The molecule has 20 heavy (non-hydrogen) atoms. The summed E-state index contributed by atoms with van der Waals surface area (Å²) in [5.41, 5.74) is 0.0547. The molecule has 3 N–H and O–H groups in total. The maximum Gasteiger partial charge on any atom is 0.338 e. The molecule has 1 fully saturated rings. The Bertz CT molecular complexity index is 543. The van der Waals surface area contributed by atoms with E-state index in [1.54, 1.807) is 5.38 Å². The average molecular weight is 297 g/mol. The Morgan fingerprint density at radius 2 is 2.20 bits per heavy atom. The highest BCUT2D eigenvalue weighted by molar-refractivity contribution is 7.14. The minimum absolute atomic E-state index is 0.0547. The van der Waals surface area contributed by atoms with Crippen molar-refractivity contribution in [3.8, 4) is 0 Å². The maximum atomic E-state index is 12.2. The molecule has 108 valence electrons. The van der Waals surface area contributed by atoms with Crippen molar-refractivity contribution in [3.05, 3.63) is 17.0 Å². The molecule has 0 bridgehead atoms. The van der Waals surface area contributed by atoms with E-state index in [9.17, 15) is 14.4 Å². The van der Waals surface area contributed by atoms with Crippen molar-refractivity contribution in [1.29, 1.82) is 0 Å². The Morgan fingerprint density at radius 1 is 1.45 bits per heavy atom. The molecule has 3 amide bonds. The first-order valence-electron chi connectivity index (χ1n) is 6.14. The number of nitrogens with zero attached hydrogens (tertiary/aromatic N) is 1. The van der Waals surface area contributed by atoms with Gasteiger partial charge in [0.25, 0.3) is 0 Å². The topological polar surface area (TPSA) is 98.7 Å². The summed E-state index contributed by atoms with van der Waals surface area (Å²) in [5, 5.41) is 16.0. The number of thiophene rings is 1. The van der Waals surface area contributed by atoms with E-state index in [-0.39, 0.29) is 16.5 Å². The van der Waals surface area contributed by atoms with Crippen LogP contribution in [-0.2, 0) is 4.79 Å². The monoisotopic (exact) mass is 297 g/mol. The molecule has 2 heterocycles. The second kappa shape index (κ2) is 5.91. The number of nitrogens with one attached hydrogen (secondary N) is 2. The van der Waals surface area contributed by atoms with E-state index >= 15 is 0 Å². The van der Waals surface area contributed by atoms with Crippen molar-refractivity contribution in [2.45, 2.75) is 18.9 Å². The van der Waals surface area contributed by atoms with Crippen molar-refractivity contribution in [1.82, 2.24) is 10.2 Å². The normalized spacial score (nSPS) is 17.9. The zero-order valence-corrected chi connectivity index (χ0v) is 11.7. The fraction of sp³-hybridized carbons (Fsp3) is 0.417. The van der Waals surface area contributed by atoms with Gasteiger partial charge in [-0.25, -0.2) is 9.59 Å². The van der Waals surface area contributed by atoms with Gasteiger partial charge in [0.1, 0.15) is 11.0 Å². The number of rotatable bonds is 3. The standard InChI is InChI=1S/C12H15N3O4S/c1-13-9(16)8-3-2-5-15(8)12(19)14-10-7(11(17)18)4-6-20-10/h4,6,8H,2-3,5H2,1H3,(H,13,16)(H,14,19)(H,17,18). The third kappa shape index (κ3) is 2.74. The number of hydrogen-bond acceptors (Lipinski definition) is 4. The third-order valence-electron chi connectivity index (χ3n) is 3.18. The lowest BCUT2D eigenvalue weighted by atomic mass is 10.2. The number of aromatic carboxylic acids is 1. The van der Waals surface area contributed by atoms with Crippen LogP contribution in [0.5, 0.6) is 0 Å². The Balaban J connectivity index is 2.10. The van der Waals surface area contributed by atoms with Crippen molar-refractivity contribution in [3.63, 3.8) is 0 Å². The van der Waals surface area contributed by atoms with Gasteiger partial charge in [-0.3, -0.25) is 10.1 Å². The SMILES string of the molecule is CNC(=O)C1CCCN1C(=O)Nc1sccc1C(=O)O. The van der Waals surface area contributed by atoms with Crippen LogP contribution in [0.1, 0.15) is 23.2 Å². The van der Waals surface area contributed by atoms with E-state index in [1.807, 2.05) is 0 Å². The number of anilines is 1. The van der Waals surface area contributed by atoms with Crippen LogP contribution in [0.2, 0.25) is 0 Å². The molecule has 1 aliphatic heterocycles. The smallest absolute Gasteiger partial charge is 0.338 e. The lowest BCUT2D eigenvalue weighted by Crippen LogP contribution is -2.46. The molecule has 8 heteroatoms. The van der Waals surface area contributed by atoms with Crippen molar-refractivity contribution in [2.75, 3.05) is 18.9 Å². The molecule has 7 nitrogen and oxygen atoms in total. The van der Waals surface area contributed by atoms with E-state index in [0.29, 0.717) is 13.0 Å². The largest absolute Gasteiger partial charge is 0.478 e. The van der Waals surface area contributed by atoms with Crippen molar-refractivity contribution in [2.24, 2.45) is 0 Å². The van der Waals surface area contributed by atoms with E-state index < -0.39 is 18.0 Å². The molecule has 0 radical (unpaired) electrons. The summed E-state index contributed by atoms with van der Waals surface area (Å²) in [6, 6.07) is 0.498. The van der Waals surface area contributed by atoms with Gasteiger partial charge in [-0.15, -0.1) is 11.3 Å². The van der Waals surface area contributed by atoms with Crippen molar-refractivity contribution >= 4 is 34.2 Å². The minimum atomic E-state index is -1.09. The Kier molecular flexibility index (Phi) is 4.23. The summed E-state index contributed by atoms with van der Waals surface area (Å²) >= 11 is 1.14. The van der Waals surface area contributed by atoms with E-state index in [2.05, 4.69) is 10.6 Å². The first kappa shape index (κ1) is 14.3. The summed E-state index contributed by atoms with van der Waals surface area (Å²) in [7, 11) is 1.53. The van der Waals surface area contributed by atoms with Gasteiger partial charge >= 0.3 is 12.0 Å². The molecule has 0 aliphatic carbocycles. The van der Waals surface area contributed by atoms with Crippen LogP contribution >= 0.6 is 11.3 Å². The summed E-state index contributed by atoms with van der Waals surface area (Å²) < 4.78 is 0. The number of hydrogen-bond donors (Lipinski definition) is 3. The Morgan fingerprint density at radius 3 is 2.85 bits per heavy atom. The van der Waals surface area contributed by atoms with Crippen LogP contribution in [0, 0.1) is 0 Å². The lowest BCUT2D eigenvalue weighted by molar-refractivity contribution is -0.124. The van der Waals surface area contributed by atoms with Crippen LogP contribution in [0.25, 0.3) is 0 Å². The van der Waals surface area contributed by atoms with Gasteiger partial charge in [-0.05, 0) is 24.3 Å². The fourth-order valence-corrected chi connectivity index (χ4v) is 2.96. The van der Waals surface area contributed by atoms with Gasteiger partial charge in [0.2, 0.25) is 5.91 Å². The van der Waals surface area contributed by atoms with Gasteiger partial charge < -0.3 is 15.3 Å². The number of carboxylic acid groups (broad SMARTS) is 1. The number of likely N-dealkylation sites (tertiary alicyclic amines) is 1. The second-order valence-corrected chi connectivity index (χ2v) is 5.28. The number of urea groups is 1. The lowest BCUT2D eigenvalue weighted by Gasteiger charge is -2.23. The fourth-order valence-electron chi connectivity index (χ4n) is 2.19. The van der Waals surface area contributed by atoms with Crippen LogP contribution in [0.3, 0.4) is 0 Å². The number of carboxylic acids is 1. The zero-order chi connectivity index (χ0) is 14.7. The van der Waals surface area contributed by atoms with Gasteiger partial charge in [0, 0.05) is 13.6 Å². The molecule has 1 aliphatic rings. The highest BCUT2D eigenvalue weighted by Gasteiger charge is 2.34. The molecule has 1 aromatic heterocycles. The van der Waals surface area contributed by atoms with E-state index in [1.165, 1.54) is 18.0 Å². The molecule has 0 saturated carbocycles. The maximum absolute atomic E-state index is 12.2. The Labute approximate surface area is 119 Å². The highest BCUT2D eigenvalue weighted by atomic mass is 32.1. The number of carbonyl (C=O) groups is 3. The summed E-state index contributed by atoms with van der Waals surface area (Å²) in [4.78, 5) is 36.3. The van der Waals surface area contributed by atoms with Crippen molar-refractivity contribution < 1.29 is 19.5 Å². The molecular weight excluding hydrogens is 282 g/mol. The zero-order valence-electron chi connectivity index (χ0n) is 10.9. The molecule has 2 rings (SSSR count). The molecule has 0 spiro atoms. The first-order valence-corrected chi connectivity index (χ1v) is 7.02. The third-order valence-corrected chi connectivity index (χ3v) is 4.01. The molecule has 1 saturated heterocycles. The number of carbonyl (C=O) groups excluding carboxylic acids is 2. The summed E-state index contributed by atoms with van der Waals surface area (Å²) in [6.45, 7) is 0.484. The predicted molar refractivity (Wildman–Crippen MR) is 74.1 cm³/mol. The predicted octanol–water partition coefficient (Wildman–Crippen LogP) is 1.19. The molecular formula is C12H15N3O4S. The quantitative estimate of drug-likeness (QED) is 0.780. The van der Waals surface area contributed by atoms with E-state index in [4.69, 9.17) is 5.11 Å². The molecule has 1 aromatic rings. The van der Waals surface area contributed by atoms with Crippen LogP contribution in [-0.4, -0.2) is 47.5 Å². The minimum Gasteiger partial charge on any atom is -0.478 e. The molecule has 0 aromatic carbocycles. The average Bonchev–Trinajstić information content (AvgIpc) is 3.05. The second-order valence-electron chi connectivity index (χ2n) is 4.36. The van der Waals surface area contributed by atoms with E-state index in [0.717, 1.165) is 17.8 Å². The molecule has 1 atom stereocenters. The van der Waals surface area contributed by atoms with Gasteiger partial charge in [0.05, 0.1) is 5.56 Å². The Hall–Kier alpha value is -2.09. The highest BCUT2D eigenvalue weighted by Crippen LogP contribution is 2.25. The number of likely N-dealkylation sites (N-methyl/N-ethyl adjacent to an activating group) is 1. The van der Waals surface area contributed by atoms with Gasteiger partial charge in [-0.1, -0.05) is 0 Å². The molecule has 1 unspecified atom stereocenters. The van der Waals surface area contributed by atoms with Gasteiger partial charge in [-0.2, -0.15) is 0 Å².